The average molecular weight is 294 g/mol. The van der Waals surface area contributed by atoms with Gasteiger partial charge in [0, 0.05) is 20.6 Å². The second-order valence-corrected chi connectivity index (χ2v) is 3.68. The molecular weight excluding hydrogens is 268 g/mol. The lowest BCUT2D eigenvalue weighted by Gasteiger charge is -2.41. The van der Waals surface area contributed by atoms with E-state index < -0.39 is 44.2 Å². The van der Waals surface area contributed by atoms with Crippen LogP contribution in [0, 0.1) is 0 Å². The van der Waals surface area contributed by atoms with Crippen LogP contribution in [0.1, 0.15) is 15.1 Å². The highest BCUT2D eigenvalue weighted by atomic mass is 16.6. The molecule has 8 nitrogen and oxygen atoms in total. The SMILES string of the molecule is [2H]C([2H])([2H])OC1NC(C(=O)OC)=C(C(=O)OC)N(CC)C1OC([2H])([2H])[2H]. The summed E-state index contributed by atoms with van der Waals surface area (Å²) < 4.78 is 62.5. The van der Waals surface area contributed by atoms with Gasteiger partial charge in [-0.3, -0.25) is 0 Å². The minimum absolute atomic E-state index is 0.0335. The van der Waals surface area contributed by atoms with Gasteiger partial charge in [-0.15, -0.1) is 0 Å². The Morgan fingerprint density at radius 2 is 1.90 bits per heavy atom. The Kier molecular flexibility index (Phi) is 3.27. The molecule has 0 fully saturated rings. The Labute approximate surface area is 126 Å². The number of carbonyl (C=O) groups excluding carboxylic acids is 2. The maximum atomic E-state index is 12.2. The van der Waals surface area contributed by atoms with Crippen molar-refractivity contribution in [3.63, 3.8) is 0 Å². The molecule has 8 heteroatoms. The molecule has 0 saturated carbocycles. The first-order chi connectivity index (χ1) is 11.8. The van der Waals surface area contributed by atoms with Gasteiger partial charge in [-0.25, -0.2) is 9.59 Å². The normalized spacial score (nSPS) is 28.1. The average Bonchev–Trinajstić information content (AvgIpc) is 2.51. The minimum atomic E-state index is -2.95. The van der Waals surface area contributed by atoms with Crippen LogP contribution in [0.3, 0.4) is 0 Å². The molecule has 1 heterocycles. The summed E-state index contributed by atoms with van der Waals surface area (Å²) >= 11 is 0. The van der Waals surface area contributed by atoms with Crippen LogP contribution >= 0.6 is 0 Å². The Hall–Kier alpha value is -1.80. The van der Waals surface area contributed by atoms with Crippen molar-refractivity contribution in [2.45, 2.75) is 19.4 Å². The largest absolute Gasteiger partial charge is 0.464 e. The molecule has 1 aliphatic heterocycles. The highest BCUT2D eigenvalue weighted by Gasteiger charge is 2.41. The van der Waals surface area contributed by atoms with Crippen molar-refractivity contribution < 1.29 is 36.8 Å². The fraction of sp³-hybridized carbons (Fsp3) is 0.667. The van der Waals surface area contributed by atoms with Gasteiger partial charge in [0.2, 0.25) is 0 Å². The first-order valence-corrected chi connectivity index (χ1v) is 5.64. The lowest BCUT2D eigenvalue weighted by molar-refractivity contribution is -0.156. The molecule has 2 atom stereocenters. The summed E-state index contributed by atoms with van der Waals surface area (Å²) in [5.41, 5.74) is -0.817. The molecule has 0 bridgehead atoms. The molecule has 0 radical (unpaired) electrons. The maximum absolute atomic E-state index is 12.2. The van der Waals surface area contributed by atoms with E-state index in [1.807, 2.05) is 0 Å². The predicted molar refractivity (Wildman–Crippen MR) is 68.2 cm³/mol. The first-order valence-electron chi connectivity index (χ1n) is 8.64. The number of ether oxygens (including phenoxy) is 4. The summed E-state index contributed by atoms with van der Waals surface area (Å²) in [4.78, 5) is 25.2. The van der Waals surface area contributed by atoms with Crippen molar-refractivity contribution in [3.05, 3.63) is 11.4 Å². The lowest BCUT2D eigenvalue weighted by Crippen LogP contribution is -2.58. The topological polar surface area (TPSA) is 86.3 Å². The molecule has 0 aromatic heterocycles. The van der Waals surface area contributed by atoms with Gasteiger partial charge in [-0.05, 0) is 6.92 Å². The van der Waals surface area contributed by atoms with Crippen LogP contribution in [-0.4, -0.2) is 64.1 Å². The fourth-order valence-corrected chi connectivity index (χ4v) is 1.84. The zero-order valence-corrected chi connectivity index (χ0v) is 11.3. The minimum Gasteiger partial charge on any atom is -0.464 e. The highest BCUT2D eigenvalue weighted by Crippen LogP contribution is 2.24. The van der Waals surface area contributed by atoms with Crippen molar-refractivity contribution in [1.29, 1.82) is 0 Å². The van der Waals surface area contributed by atoms with Crippen molar-refractivity contribution >= 4 is 11.9 Å². The molecule has 1 aliphatic rings. The van der Waals surface area contributed by atoms with Crippen LogP contribution in [0.15, 0.2) is 11.4 Å². The Morgan fingerprint density at radius 3 is 2.40 bits per heavy atom. The van der Waals surface area contributed by atoms with E-state index in [0.29, 0.717) is 0 Å². The van der Waals surface area contributed by atoms with Gasteiger partial charge in [-0.1, -0.05) is 0 Å². The number of methoxy groups -OCH3 is 4. The number of hydrogen-bond donors (Lipinski definition) is 1. The quantitative estimate of drug-likeness (QED) is 0.674. The van der Waals surface area contributed by atoms with Crippen LogP contribution in [0.5, 0.6) is 0 Å². The van der Waals surface area contributed by atoms with E-state index in [2.05, 4.69) is 14.8 Å². The second-order valence-electron chi connectivity index (χ2n) is 3.68. The second kappa shape index (κ2) is 7.11. The van der Waals surface area contributed by atoms with Crippen LogP contribution in [0.2, 0.25) is 0 Å². The molecule has 0 aromatic carbocycles. The van der Waals surface area contributed by atoms with Crippen LogP contribution in [0.4, 0.5) is 0 Å². The third-order valence-corrected chi connectivity index (χ3v) is 2.73. The summed E-state index contributed by atoms with van der Waals surface area (Å²) in [6.07, 6.45) is -3.19. The van der Waals surface area contributed by atoms with E-state index in [4.69, 9.17) is 17.7 Å². The van der Waals surface area contributed by atoms with Crippen molar-refractivity contribution in [2.75, 3.05) is 34.8 Å². The van der Waals surface area contributed by atoms with E-state index in [0.717, 1.165) is 19.1 Å². The molecular formula is C12H20N2O6. The van der Waals surface area contributed by atoms with Gasteiger partial charge < -0.3 is 29.2 Å². The molecule has 1 N–H and O–H groups in total. The summed E-state index contributed by atoms with van der Waals surface area (Å²) in [6.45, 7) is 1.50. The summed E-state index contributed by atoms with van der Waals surface area (Å²) in [6, 6.07) is 0. The number of nitrogens with one attached hydrogen (secondary N) is 1. The van der Waals surface area contributed by atoms with Gasteiger partial charge in [0.15, 0.2) is 23.8 Å². The third-order valence-electron chi connectivity index (χ3n) is 2.73. The molecule has 0 amide bonds. The smallest absolute Gasteiger partial charge is 0.356 e. The number of likely N-dealkylation sites (N-methyl/N-ethyl adjacent to an activating group) is 1. The van der Waals surface area contributed by atoms with Gasteiger partial charge in [0.05, 0.1) is 22.4 Å². The summed E-state index contributed by atoms with van der Waals surface area (Å²) in [5, 5.41) is 2.37. The Bertz CT molecular complexity index is 576. The number of nitrogens with zero attached hydrogens (tertiary/aromatic N) is 1. The van der Waals surface area contributed by atoms with E-state index in [1.165, 1.54) is 6.92 Å². The lowest BCUT2D eigenvalue weighted by atomic mass is 10.2. The van der Waals surface area contributed by atoms with Gasteiger partial charge in [0.1, 0.15) is 0 Å². The first kappa shape index (κ1) is 9.19. The molecule has 2 unspecified atom stereocenters. The Balaban J connectivity index is 3.51. The number of esters is 2. The summed E-state index contributed by atoms with van der Waals surface area (Å²) in [5.74, 6) is -1.98. The fourth-order valence-electron chi connectivity index (χ4n) is 1.84. The number of carbonyl (C=O) groups is 2. The monoisotopic (exact) mass is 294 g/mol. The molecule has 20 heavy (non-hydrogen) atoms. The van der Waals surface area contributed by atoms with Gasteiger partial charge in [0.25, 0.3) is 0 Å². The van der Waals surface area contributed by atoms with Crippen LogP contribution < -0.4 is 5.32 Å². The number of hydrogen-bond acceptors (Lipinski definition) is 8. The van der Waals surface area contributed by atoms with Gasteiger partial charge in [-0.2, -0.15) is 0 Å². The number of rotatable bonds is 5. The van der Waals surface area contributed by atoms with Gasteiger partial charge >= 0.3 is 11.9 Å². The highest BCUT2D eigenvalue weighted by molar-refractivity contribution is 5.99. The zero-order valence-electron chi connectivity index (χ0n) is 17.3. The van der Waals surface area contributed by atoms with Crippen LogP contribution in [-0.2, 0) is 28.5 Å². The molecule has 0 aliphatic carbocycles. The molecule has 0 aromatic rings. The molecule has 0 spiro atoms. The molecule has 114 valence electrons. The van der Waals surface area contributed by atoms with E-state index >= 15 is 0 Å². The van der Waals surface area contributed by atoms with Crippen molar-refractivity contribution in [3.8, 4) is 0 Å². The van der Waals surface area contributed by atoms with E-state index in [-0.39, 0.29) is 12.2 Å². The standard InChI is InChI=1S/C12H20N2O6/c1-6-14-8(12(16)20-5)7(11(15)19-4)13-9(17-2)10(14)18-3/h9-10,13H,6H2,1-5H3/i2D3,3D3. The van der Waals surface area contributed by atoms with Crippen molar-refractivity contribution in [1.82, 2.24) is 10.2 Å². The van der Waals surface area contributed by atoms with E-state index in [9.17, 15) is 9.59 Å². The Morgan fingerprint density at radius 1 is 1.25 bits per heavy atom. The maximum Gasteiger partial charge on any atom is 0.356 e. The summed E-state index contributed by atoms with van der Waals surface area (Å²) in [7, 11) is -3.78. The third kappa shape index (κ3) is 2.86. The zero-order chi connectivity index (χ0) is 20.3. The predicted octanol–water partition coefficient (Wildman–Crippen LogP) is -0.586. The van der Waals surface area contributed by atoms with Crippen LogP contribution in [0.25, 0.3) is 0 Å². The molecule has 0 saturated heterocycles. The van der Waals surface area contributed by atoms with Crippen molar-refractivity contribution in [2.24, 2.45) is 0 Å². The molecule has 1 rings (SSSR count). The van der Waals surface area contributed by atoms with E-state index in [1.54, 1.807) is 0 Å².